The number of halogens is 1. The fourth-order valence-electron chi connectivity index (χ4n) is 1.67. The minimum atomic E-state index is -3.85. The van der Waals surface area contributed by atoms with E-state index >= 15 is 0 Å². The van der Waals surface area contributed by atoms with Crippen LogP contribution in [0.15, 0.2) is 33.6 Å². The lowest BCUT2D eigenvalue weighted by molar-refractivity contribution is -0.143. The smallest absolute Gasteiger partial charge is 0.324 e. The molecule has 0 aromatic heterocycles. The van der Waals surface area contributed by atoms with E-state index in [0.717, 1.165) is 4.47 Å². The van der Waals surface area contributed by atoms with Crippen molar-refractivity contribution in [2.24, 2.45) is 0 Å². The van der Waals surface area contributed by atoms with E-state index in [-0.39, 0.29) is 11.3 Å². The van der Waals surface area contributed by atoms with Crippen LogP contribution in [0, 0.1) is 0 Å². The summed E-state index contributed by atoms with van der Waals surface area (Å²) in [5.74, 6) is -1.19. The average molecular weight is 350 g/mol. The Morgan fingerprint density at radius 1 is 1.37 bits per heavy atom. The molecule has 0 aliphatic carbocycles. The van der Waals surface area contributed by atoms with Crippen LogP contribution in [-0.4, -0.2) is 25.0 Å². The normalized spacial score (nSPS) is 14.9. The quantitative estimate of drug-likeness (QED) is 0.825. The fourth-order valence-corrected chi connectivity index (χ4v) is 3.33. The number of benzene rings is 1. The van der Waals surface area contributed by atoms with E-state index < -0.39 is 21.5 Å². The first-order chi connectivity index (χ1) is 8.71. The van der Waals surface area contributed by atoms with Gasteiger partial charge in [-0.1, -0.05) is 29.3 Å². The molecule has 0 spiro atoms. The Kier molecular flexibility index (Phi) is 5.11. The molecule has 0 aliphatic rings. The second-order valence-corrected chi connectivity index (χ2v) is 7.04. The summed E-state index contributed by atoms with van der Waals surface area (Å²) in [6.45, 7) is 3.17. The monoisotopic (exact) mass is 349 g/mol. The maximum absolute atomic E-state index is 12.1. The van der Waals surface area contributed by atoms with Crippen LogP contribution >= 0.6 is 15.9 Å². The number of carboxylic acid groups (broad SMARTS) is 1. The van der Waals surface area contributed by atoms with Crippen LogP contribution in [0.3, 0.4) is 0 Å². The van der Waals surface area contributed by atoms with Crippen molar-refractivity contribution in [1.82, 2.24) is 4.72 Å². The van der Waals surface area contributed by atoms with E-state index in [0.29, 0.717) is 6.42 Å². The summed E-state index contributed by atoms with van der Waals surface area (Å²) in [5, 5.41) is 9.18. The minimum absolute atomic E-state index is 0.0410. The maximum atomic E-state index is 12.1. The van der Waals surface area contributed by atoms with E-state index in [2.05, 4.69) is 20.7 Å². The summed E-state index contributed by atoms with van der Waals surface area (Å²) in [6.07, 6.45) is 0.781. The van der Waals surface area contributed by atoms with E-state index in [9.17, 15) is 18.3 Å². The first-order valence-corrected chi connectivity index (χ1v) is 8.02. The second kappa shape index (κ2) is 6.02. The first kappa shape index (κ1) is 16.1. The van der Waals surface area contributed by atoms with E-state index in [1.165, 1.54) is 19.1 Å². The highest BCUT2D eigenvalue weighted by Gasteiger charge is 2.36. The van der Waals surface area contributed by atoms with Crippen molar-refractivity contribution in [1.29, 1.82) is 0 Å². The Morgan fingerprint density at radius 3 is 2.32 bits per heavy atom. The summed E-state index contributed by atoms with van der Waals surface area (Å²) in [6, 6.07) is 6.01. The van der Waals surface area contributed by atoms with Gasteiger partial charge in [-0.3, -0.25) is 4.79 Å². The maximum Gasteiger partial charge on any atom is 0.324 e. The lowest BCUT2D eigenvalue weighted by Crippen LogP contribution is -2.51. The van der Waals surface area contributed by atoms with Crippen molar-refractivity contribution < 1.29 is 18.3 Å². The van der Waals surface area contributed by atoms with E-state index in [1.807, 2.05) is 0 Å². The van der Waals surface area contributed by atoms with Gasteiger partial charge in [-0.15, -0.1) is 0 Å². The molecule has 0 saturated heterocycles. The van der Waals surface area contributed by atoms with Crippen molar-refractivity contribution >= 4 is 31.9 Å². The van der Waals surface area contributed by atoms with Crippen LogP contribution < -0.4 is 4.72 Å². The summed E-state index contributed by atoms with van der Waals surface area (Å²) in [4.78, 5) is 11.3. The molecule has 1 atom stereocenters. The lowest BCUT2D eigenvalue weighted by atomic mass is 9.98. The summed E-state index contributed by atoms with van der Waals surface area (Å²) in [7, 11) is -3.85. The Labute approximate surface area is 121 Å². The molecule has 0 saturated carbocycles. The van der Waals surface area contributed by atoms with Crippen LogP contribution in [0.2, 0.25) is 0 Å². The number of hydrogen-bond donors (Lipinski definition) is 2. The largest absolute Gasteiger partial charge is 0.480 e. The topological polar surface area (TPSA) is 83.5 Å². The number of carboxylic acids is 1. The van der Waals surface area contributed by atoms with Crippen molar-refractivity contribution in [3.05, 3.63) is 28.7 Å². The molecule has 7 heteroatoms. The molecule has 5 nitrogen and oxygen atoms in total. The Bertz CT molecular complexity index is 556. The molecule has 19 heavy (non-hydrogen) atoms. The molecule has 1 aromatic carbocycles. The first-order valence-electron chi connectivity index (χ1n) is 5.74. The molecule has 0 radical (unpaired) electrons. The number of carbonyl (C=O) groups is 1. The Balaban J connectivity index is 3.07. The predicted molar refractivity (Wildman–Crippen MR) is 75.4 cm³/mol. The SMILES string of the molecule is CCCC(C)(NS(=O)(=O)c1ccc(Br)cc1)C(=O)O. The van der Waals surface area contributed by atoms with Crippen molar-refractivity contribution in [2.45, 2.75) is 37.1 Å². The summed E-state index contributed by atoms with van der Waals surface area (Å²) < 4.78 is 27.3. The molecule has 0 amide bonds. The third kappa shape index (κ3) is 4.02. The summed E-state index contributed by atoms with van der Waals surface area (Å²) in [5.41, 5.74) is -1.50. The third-order valence-corrected chi connectivity index (χ3v) is 4.85. The molecule has 2 N–H and O–H groups in total. The number of hydrogen-bond acceptors (Lipinski definition) is 3. The van der Waals surface area contributed by atoms with Crippen molar-refractivity contribution in [3.8, 4) is 0 Å². The Morgan fingerprint density at radius 2 is 1.89 bits per heavy atom. The number of rotatable bonds is 6. The van der Waals surface area contributed by atoms with E-state index in [4.69, 9.17) is 0 Å². The van der Waals surface area contributed by atoms with Crippen LogP contribution in [0.1, 0.15) is 26.7 Å². The van der Waals surface area contributed by atoms with Gasteiger partial charge in [0.25, 0.3) is 0 Å². The number of aliphatic carboxylic acids is 1. The van der Waals surface area contributed by atoms with Gasteiger partial charge in [0.2, 0.25) is 10.0 Å². The highest BCUT2D eigenvalue weighted by Crippen LogP contribution is 2.19. The average Bonchev–Trinajstić information content (AvgIpc) is 2.28. The van der Waals surface area contributed by atoms with Gasteiger partial charge in [0.15, 0.2) is 0 Å². The van der Waals surface area contributed by atoms with Crippen LogP contribution in [0.25, 0.3) is 0 Å². The standard InChI is InChI=1S/C12H16BrNO4S/c1-3-8-12(2,11(15)16)14-19(17,18)10-6-4-9(13)5-7-10/h4-7,14H,3,8H2,1-2H3,(H,15,16). The molecule has 1 rings (SSSR count). The van der Waals surface area contributed by atoms with Gasteiger partial charge in [0, 0.05) is 4.47 Å². The lowest BCUT2D eigenvalue weighted by Gasteiger charge is -2.25. The fraction of sp³-hybridized carbons (Fsp3) is 0.417. The molecule has 1 unspecified atom stereocenters. The van der Waals surface area contributed by atoms with Gasteiger partial charge in [0.05, 0.1) is 4.90 Å². The number of sulfonamides is 1. The van der Waals surface area contributed by atoms with Gasteiger partial charge < -0.3 is 5.11 Å². The zero-order valence-corrected chi connectivity index (χ0v) is 13.1. The van der Waals surface area contributed by atoms with Gasteiger partial charge in [-0.2, -0.15) is 4.72 Å². The van der Waals surface area contributed by atoms with Gasteiger partial charge in [0.1, 0.15) is 5.54 Å². The van der Waals surface area contributed by atoms with Crippen molar-refractivity contribution in [2.75, 3.05) is 0 Å². The Hall–Kier alpha value is -0.920. The zero-order chi connectivity index (χ0) is 14.7. The molecule has 1 aromatic rings. The molecule has 106 valence electrons. The van der Waals surface area contributed by atoms with E-state index in [1.54, 1.807) is 19.1 Å². The summed E-state index contributed by atoms with van der Waals surface area (Å²) >= 11 is 3.21. The van der Waals surface area contributed by atoms with Crippen LogP contribution in [0.4, 0.5) is 0 Å². The molecule has 0 heterocycles. The molecular weight excluding hydrogens is 334 g/mol. The number of nitrogens with one attached hydrogen (secondary N) is 1. The minimum Gasteiger partial charge on any atom is -0.480 e. The molecular formula is C12H16BrNO4S. The van der Waals surface area contributed by atoms with Gasteiger partial charge >= 0.3 is 5.97 Å². The molecule has 0 fully saturated rings. The third-order valence-electron chi connectivity index (χ3n) is 2.71. The predicted octanol–water partition coefficient (Wildman–Crippen LogP) is 2.37. The van der Waals surface area contributed by atoms with Gasteiger partial charge in [-0.05, 0) is 37.6 Å². The van der Waals surface area contributed by atoms with Crippen molar-refractivity contribution in [3.63, 3.8) is 0 Å². The highest BCUT2D eigenvalue weighted by atomic mass is 79.9. The molecule has 0 bridgehead atoms. The second-order valence-electron chi connectivity index (χ2n) is 4.45. The highest BCUT2D eigenvalue weighted by molar-refractivity contribution is 9.10. The van der Waals surface area contributed by atoms with Gasteiger partial charge in [-0.25, -0.2) is 8.42 Å². The van der Waals surface area contributed by atoms with Crippen LogP contribution in [0.5, 0.6) is 0 Å². The van der Waals surface area contributed by atoms with Crippen LogP contribution in [-0.2, 0) is 14.8 Å². The zero-order valence-electron chi connectivity index (χ0n) is 10.7. The molecule has 0 aliphatic heterocycles.